The first-order valence-electron chi connectivity index (χ1n) is 6.82. The summed E-state index contributed by atoms with van der Waals surface area (Å²) >= 11 is 0. The summed E-state index contributed by atoms with van der Waals surface area (Å²) in [6, 6.07) is 6.64. The van der Waals surface area contributed by atoms with Crippen LogP contribution in [0.5, 0.6) is 5.75 Å². The van der Waals surface area contributed by atoms with Gasteiger partial charge in [0.15, 0.2) is 9.84 Å². The van der Waals surface area contributed by atoms with E-state index in [0.717, 1.165) is 5.56 Å². The Kier molecular flexibility index (Phi) is 5.02. The molecule has 2 N–H and O–H groups in total. The van der Waals surface area contributed by atoms with Crippen LogP contribution in [0, 0.1) is 0 Å². The number of hydrogen-bond acceptors (Lipinski definition) is 5. The van der Waals surface area contributed by atoms with Gasteiger partial charge in [0.1, 0.15) is 5.75 Å². The van der Waals surface area contributed by atoms with Crippen LogP contribution in [-0.4, -0.2) is 44.9 Å². The maximum Gasteiger partial charge on any atom is 0.309 e. The van der Waals surface area contributed by atoms with Crippen molar-refractivity contribution in [3.8, 4) is 5.75 Å². The first kappa shape index (κ1) is 16.3. The molecule has 8 heteroatoms. The molecule has 1 fully saturated rings. The summed E-state index contributed by atoms with van der Waals surface area (Å²) in [7, 11) is -1.57. The Balaban J connectivity index is 1.86. The Morgan fingerprint density at radius 1 is 1.27 bits per heavy atom. The lowest BCUT2D eigenvalue weighted by atomic mass is 10.2. The summed E-state index contributed by atoms with van der Waals surface area (Å²) in [6.07, 6.45) is 0.341. The van der Waals surface area contributed by atoms with E-state index in [4.69, 9.17) is 4.74 Å². The van der Waals surface area contributed by atoms with Crippen LogP contribution in [0.2, 0.25) is 0 Å². The average Bonchev–Trinajstić information content (AvgIpc) is 2.83. The minimum Gasteiger partial charge on any atom is -0.496 e. The average molecular weight is 326 g/mol. The van der Waals surface area contributed by atoms with E-state index in [1.54, 1.807) is 24.3 Å². The Morgan fingerprint density at radius 3 is 2.64 bits per heavy atom. The predicted octanol–water partition coefficient (Wildman–Crippen LogP) is -0.385. The van der Waals surface area contributed by atoms with Gasteiger partial charge < -0.3 is 15.4 Å². The molecule has 1 aromatic rings. The van der Waals surface area contributed by atoms with E-state index < -0.39 is 27.7 Å². The van der Waals surface area contributed by atoms with Gasteiger partial charge in [-0.15, -0.1) is 0 Å². The van der Waals surface area contributed by atoms with Gasteiger partial charge in [-0.05, 0) is 12.5 Å². The molecule has 1 aliphatic heterocycles. The topological polar surface area (TPSA) is 102 Å². The van der Waals surface area contributed by atoms with Crippen LogP contribution >= 0.6 is 0 Å². The molecule has 1 atom stereocenters. The van der Waals surface area contributed by atoms with Gasteiger partial charge in [0.25, 0.3) is 0 Å². The highest BCUT2D eigenvalue weighted by Gasteiger charge is 2.30. The van der Waals surface area contributed by atoms with E-state index in [1.165, 1.54) is 7.11 Å². The molecule has 0 bridgehead atoms. The van der Waals surface area contributed by atoms with E-state index in [1.807, 2.05) is 0 Å². The molecule has 0 aromatic heterocycles. The van der Waals surface area contributed by atoms with Crippen molar-refractivity contribution in [1.82, 2.24) is 10.6 Å². The Bertz CT molecular complexity index is 672. The molecule has 0 saturated carbocycles. The van der Waals surface area contributed by atoms with Gasteiger partial charge in [0.2, 0.25) is 0 Å². The van der Waals surface area contributed by atoms with Crippen LogP contribution in [0.1, 0.15) is 12.0 Å². The number of amides is 2. The van der Waals surface area contributed by atoms with Crippen molar-refractivity contribution in [2.75, 3.05) is 18.6 Å². The Labute approximate surface area is 129 Å². The fourth-order valence-corrected chi connectivity index (χ4v) is 3.94. The van der Waals surface area contributed by atoms with E-state index >= 15 is 0 Å². The molecule has 22 heavy (non-hydrogen) atoms. The van der Waals surface area contributed by atoms with E-state index in [9.17, 15) is 18.0 Å². The quantitative estimate of drug-likeness (QED) is 0.734. The summed E-state index contributed by atoms with van der Waals surface area (Å²) in [4.78, 5) is 23.5. The van der Waals surface area contributed by atoms with Crippen LogP contribution in [0.25, 0.3) is 0 Å². The lowest BCUT2D eigenvalue weighted by Gasteiger charge is -2.12. The van der Waals surface area contributed by atoms with Gasteiger partial charge in [-0.1, -0.05) is 18.2 Å². The minimum atomic E-state index is -3.09. The van der Waals surface area contributed by atoms with Crippen LogP contribution in [0.4, 0.5) is 0 Å². The molecule has 0 aliphatic carbocycles. The highest BCUT2D eigenvalue weighted by molar-refractivity contribution is 7.91. The van der Waals surface area contributed by atoms with Gasteiger partial charge in [-0.3, -0.25) is 9.59 Å². The fourth-order valence-electron chi connectivity index (χ4n) is 2.26. The largest absolute Gasteiger partial charge is 0.496 e. The van der Waals surface area contributed by atoms with Crippen LogP contribution in [0.15, 0.2) is 24.3 Å². The van der Waals surface area contributed by atoms with Crippen molar-refractivity contribution in [2.24, 2.45) is 0 Å². The number of nitrogens with one attached hydrogen (secondary N) is 2. The molecule has 2 rings (SSSR count). The third-order valence-electron chi connectivity index (χ3n) is 3.41. The first-order valence-corrected chi connectivity index (χ1v) is 8.64. The molecule has 1 heterocycles. The number of hydrogen-bond donors (Lipinski definition) is 2. The van der Waals surface area contributed by atoms with Gasteiger partial charge in [-0.2, -0.15) is 0 Å². The van der Waals surface area contributed by atoms with Crippen molar-refractivity contribution in [3.05, 3.63) is 29.8 Å². The highest BCUT2D eigenvalue weighted by Crippen LogP contribution is 2.16. The molecule has 1 unspecified atom stereocenters. The summed E-state index contributed by atoms with van der Waals surface area (Å²) in [6.45, 7) is 0.152. The lowest BCUT2D eigenvalue weighted by Crippen LogP contribution is -2.44. The van der Waals surface area contributed by atoms with Crippen LogP contribution < -0.4 is 15.4 Å². The zero-order valence-corrected chi connectivity index (χ0v) is 13.0. The summed E-state index contributed by atoms with van der Waals surface area (Å²) in [5.41, 5.74) is 0.745. The standard InChI is InChI=1S/C14H18N2O5S/c1-21-12-5-3-2-4-10(12)8-15-13(17)14(18)16-11-6-7-22(19,20)9-11/h2-5,11H,6-9H2,1H3,(H,15,17)(H,16,18). The number of methoxy groups -OCH3 is 1. The SMILES string of the molecule is COc1ccccc1CNC(=O)C(=O)NC1CCS(=O)(=O)C1. The number of carbonyl (C=O) groups excluding carboxylic acids is 2. The Hall–Kier alpha value is -2.09. The second-order valence-corrected chi connectivity index (χ2v) is 7.30. The van der Waals surface area contributed by atoms with Crippen molar-refractivity contribution in [3.63, 3.8) is 0 Å². The molecular formula is C14H18N2O5S. The summed E-state index contributed by atoms with van der Waals surface area (Å²) in [5, 5.41) is 4.93. The number of carbonyl (C=O) groups is 2. The third-order valence-corrected chi connectivity index (χ3v) is 5.17. The second-order valence-electron chi connectivity index (χ2n) is 5.07. The second kappa shape index (κ2) is 6.78. The zero-order chi connectivity index (χ0) is 16.2. The lowest BCUT2D eigenvalue weighted by molar-refractivity contribution is -0.139. The van der Waals surface area contributed by atoms with Gasteiger partial charge in [0, 0.05) is 18.2 Å². The number of rotatable bonds is 4. The van der Waals surface area contributed by atoms with E-state index in [-0.39, 0.29) is 18.1 Å². The van der Waals surface area contributed by atoms with Gasteiger partial charge in [0.05, 0.1) is 18.6 Å². The molecule has 0 radical (unpaired) electrons. The molecule has 7 nitrogen and oxygen atoms in total. The van der Waals surface area contributed by atoms with Crippen molar-refractivity contribution in [2.45, 2.75) is 19.0 Å². The molecular weight excluding hydrogens is 308 g/mol. The smallest absolute Gasteiger partial charge is 0.309 e. The summed E-state index contributed by atoms with van der Waals surface area (Å²) in [5.74, 6) is -1.07. The first-order chi connectivity index (χ1) is 10.4. The van der Waals surface area contributed by atoms with Crippen LogP contribution in [-0.2, 0) is 26.0 Å². The highest BCUT2D eigenvalue weighted by atomic mass is 32.2. The molecule has 1 saturated heterocycles. The molecule has 1 aliphatic rings. The number of sulfone groups is 1. The molecule has 0 spiro atoms. The maximum atomic E-state index is 11.8. The number of ether oxygens (including phenoxy) is 1. The molecule has 120 valence electrons. The Morgan fingerprint density at radius 2 is 2.00 bits per heavy atom. The van der Waals surface area contributed by atoms with Crippen molar-refractivity contribution < 1.29 is 22.7 Å². The minimum absolute atomic E-state index is 0.0424. The molecule has 2 amide bonds. The van der Waals surface area contributed by atoms with Gasteiger partial charge >= 0.3 is 11.8 Å². The predicted molar refractivity (Wildman–Crippen MR) is 80.0 cm³/mol. The van der Waals surface area contributed by atoms with Crippen molar-refractivity contribution in [1.29, 1.82) is 0 Å². The molecule has 1 aromatic carbocycles. The zero-order valence-electron chi connectivity index (χ0n) is 12.2. The van der Waals surface area contributed by atoms with Crippen LogP contribution in [0.3, 0.4) is 0 Å². The number of benzene rings is 1. The van der Waals surface area contributed by atoms with Crippen molar-refractivity contribution >= 4 is 21.7 Å². The van der Waals surface area contributed by atoms with E-state index in [0.29, 0.717) is 12.2 Å². The monoisotopic (exact) mass is 326 g/mol. The third kappa shape index (κ3) is 4.20. The normalized spacial score (nSPS) is 19.4. The fraction of sp³-hybridized carbons (Fsp3) is 0.429. The maximum absolute atomic E-state index is 11.8. The summed E-state index contributed by atoms with van der Waals surface area (Å²) < 4.78 is 27.8. The number of para-hydroxylation sites is 1. The van der Waals surface area contributed by atoms with E-state index in [2.05, 4.69) is 10.6 Å². The van der Waals surface area contributed by atoms with Gasteiger partial charge in [-0.25, -0.2) is 8.42 Å².